The highest BCUT2D eigenvalue weighted by molar-refractivity contribution is 6.31. The van der Waals surface area contributed by atoms with Crippen molar-refractivity contribution in [3.63, 3.8) is 0 Å². The van der Waals surface area contributed by atoms with Crippen LogP contribution in [-0.2, 0) is 13.5 Å². The van der Waals surface area contributed by atoms with Crippen molar-refractivity contribution in [2.24, 2.45) is 7.05 Å². The first-order valence-electron chi connectivity index (χ1n) is 6.52. The van der Waals surface area contributed by atoms with Crippen LogP contribution in [0.1, 0.15) is 29.3 Å². The van der Waals surface area contributed by atoms with Gasteiger partial charge in [-0.3, -0.25) is 4.68 Å². The summed E-state index contributed by atoms with van der Waals surface area (Å²) in [6.07, 6.45) is 3.73. The standard InChI is InChI=1S/C15H20ClN3/c1-11-6-4-5-7-12(11)8-9-14(17-2)15-13(16)10-18-19(15)3/h4-7,10,14,17H,8-9H2,1-3H3. The minimum absolute atomic E-state index is 0.222. The second-order valence-corrected chi connectivity index (χ2v) is 5.21. The van der Waals surface area contributed by atoms with Gasteiger partial charge in [-0.2, -0.15) is 5.10 Å². The minimum atomic E-state index is 0.222. The molecular formula is C15H20ClN3. The van der Waals surface area contributed by atoms with Crippen LogP contribution in [0.25, 0.3) is 0 Å². The van der Waals surface area contributed by atoms with Crippen LogP contribution in [0.3, 0.4) is 0 Å². The summed E-state index contributed by atoms with van der Waals surface area (Å²) in [5.74, 6) is 0. The minimum Gasteiger partial charge on any atom is -0.312 e. The maximum absolute atomic E-state index is 6.21. The van der Waals surface area contributed by atoms with E-state index in [2.05, 4.69) is 41.6 Å². The summed E-state index contributed by atoms with van der Waals surface area (Å²) in [4.78, 5) is 0. The summed E-state index contributed by atoms with van der Waals surface area (Å²) in [5.41, 5.74) is 3.78. The molecule has 1 unspecified atom stereocenters. The van der Waals surface area contributed by atoms with Crippen LogP contribution in [-0.4, -0.2) is 16.8 Å². The SMILES string of the molecule is CNC(CCc1ccccc1C)c1c(Cl)cnn1C. The molecule has 0 aliphatic heterocycles. The van der Waals surface area contributed by atoms with E-state index in [-0.39, 0.29) is 6.04 Å². The number of nitrogens with one attached hydrogen (secondary N) is 1. The third-order valence-corrected chi connectivity index (χ3v) is 3.87. The molecule has 19 heavy (non-hydrogen) atoms. The maximum atomic E-state index is 6.21. The average molecular weight is 278 g/mol. The predicted molar refractivity (Wildman–Crippen MR) is 79.5 cm³/mol. The monoisotopic (exact) mass is 277 g/mol. The third-order valence-electron chi connectivity index (χ3n) is 3.58. The Kier molecular flexibility index (Phi) is 4.61. The first kappa shape index (κ1) is 14.1. The van der Waals surface area contributed by atoms with E-state index in [4.69, 9.17) is 11.6 Å². The van der Waals surface area contributed by atoms with Gasteiger partial charge < -0.3 is 5.32 Å². The van der Waals surface area contributed by atoms with Crippen LogP contribution in [0.15, 0.2) is 30.5 Å². The summed E-state index contributed by atoms with van der Waals surface area (Å²) in [5, 5.41) is 8.26. The van der Waals surface area contributed by atoms with Gasteiger partial charge in [0.1, 0.15) is 0 Å². The van der Waals surface area contributed by atoms with E-state index in [1.54, 1.807) is 6.20 Å². The molecular weight excluding hydrogens is 258 g/mol. The van der Waals surface area contributed by atoms with Crippen LogP contribution in [0.5, 0.6) is 0 Å². The van der Waals surface area contributed by atoms with Gasteiger partial charge in [-0.05, 0) is 37.9 Å². The van der Waals surface area contributed by atoms with Gasteiger partial charge in [-0.15, -0.1) is 0 Å². The Morgan fingerprint density at radius 2 is 2.11 bits per heavy atom. The van der Waals surface area contributed by atoms with Crippen molar-refractivity contribution in [3.05, 3.63) is 52.3 Å². The van der Waals surface area contributed by atoms with E-state index >= 15 is 0 Å². The molecule has 1 heterocycles. The van der Waals surface area contributed by atoms with Gasteiger partial charge in [-0.1, -0.05) is 35.9 Å². The topological polar surface area (TPSA) is 29.9 Å². The smallest absolute Gasteiger partial charge is 0.0833 e. The summed E-state index contributed by atoms with van der Waals surface area (Å²) < 4.78 is 1.85. The van der Waals surface area contributed by atoms with Crippen molar-refractivity contribution in [1.29, 1.82) is 0 Å². The molecule has 1 aromatic carbocycles. The molecule has 0 bridgehead atoms. The number of aromatic nitrogens is 2. The summed E-state index contributed by atoms with van der Waals surface area (Å²) in [7, 11) is 3.89. The van der Waals surface area contributed by atoms with Crippen molar-refractivity contribution >= 4 is 11.6 Å². The highest BCUT2D eigenvalue weighted by Crippen LogP contribution is 2.25. The number of hydrogen-bond donors (Lipinski definition) is 1. The summed E-state index contributed by atoms with van der Waals surface area (Å²) >= 11 is 6.21. The Bertz CT molecular complexity index is 529. The average Bonchev–Trinajstić information content (AvgIpc) is 2.73. The van der Waals surface area contributed by atoms with E-state index in [1.165, 1.54) is 11.1 Å². The molecule has 1 aromatic heterocycles. The maximum Gasteiger partial charge on any atom is 0.0833 e. The third kappa shape index (κ3) is 3.17. The number of hydrogen-bond acceptors (Lipinski definition) is 2. The van der Waals surface area contributed by atoms with Crippen LogP contribution in [0.2, 0.25) is 5.02 Å². The van der Waals surface area contributed by atoms with Crippen LogP contribution in [0.4, 0.5) is 0 Å². The Labute approximate surface area is 119 Å². The Balaban J connectivity index is 2.11. The zero-order valence-electron chi connectivity index (χ0n) is 11.7. The van der Waals surface area contributed by atoms with Gasteiger partial charge in [0.05, 0.1) is 23.0 Å². The normalized spacial score (nSPS) is 12.6. The molecule has 0 aliphatic carbocycles. The number of benzene rings is 1. The van der Waals surface area contributed by atoms with E-state index < -0.39 is 0 Å². The zero-order chi connectivity index (χ0) is 13.8. The highest BCUT2D eigenvalue weighted by atomic mass is 35.5. The fourth-order valence-corrected chi connectivity index (χ4v) is 2.72. The molecule has 0 radical (unpaired) electrons. The van der Waals surface area contributed by atoms with Crippen LogP contribution in [0, 0.1) is 6.92 Å². The molecule has 1 N–H and O–H groups in total. The molecule has 102 valence electrons. The number of aryl methyl sites for hydroxylation is 3. The number of halogens is 1. The van der Waals surface area contributed by atoms with E-state index in [0.29, 0.717) is 0 Å². The quantitative estimate of drug-likeness (QED) is 0.909. The molecule has 0 amide bonds. The molecule has 0 fully saturated rings. The molecule has 3 nitrogen and oxygen atoms in total. The molecule has 4 heteroatoms. The second kappa shape index (κ2) is 6.22. The molecule has 0 spiro atoms. The van der Waals surface area contributed by atoms with Crippen molar-refractivity contribution in [2.75, 3.05) is 7.05 Å². The fourth-order valence-electron chi connectivity index (χ4n) is 2.42. The van der Waals surface area contributed by atoms with Gasteiger partial charge in [0.15, 0.2) is 0 Å². The summed E-state index contributed by atoms with van der Waals surface area (Å²) in [6, 6.07) is 8.73. The Morgan fingerprint density at radius 3 is 2.68 bits per heavy atom. The van der Waals surface area contributed by atoms with Gasteiger partial charge in [0.2, 0.25) is 0 Å². The highest BCUT2D eigenvalue weighted by Gasteiger charge is 2.17. The van der Waals surface area contributed by atoms with E-state index in [1.807, 2.05) is 18.8 Å². The lowest BCUT2D eigenvalue weighted by molar-refractivity contribution is 0.506. The summed E-state index contributed by atoms with van der Waals surface area (Å²) in [6.45, 7) is 2.15. The lowest BCUT2D eigenvalue weighted by Gasteiger charge is -2.17. The number of nitrogens with zero attached hydrogens (tertiary/aromatic N) is 2. The molecule has 0 saturated carbocycles. The molecule has 0 aliphatic rings. The molecule has 2 rings (SSSR count). The van der Waals surface area contributed by atoms with E-state index in [0.717, 1.165) is 23.6 Å². The lowest BCUT2D eigenvalue weighted by atomic mass is 9.99. The molecule has 2 aromatic rings. The first-order chi connectivity index (χ1) is 9.13. The van der Waals surface area contributed by atoms with Crippen LogP contribution < -0.4 is 5.32 Å². The Morgan fingerprint density at radius 1 is 1.37 bits per heavy atom. The van der Waals surface area contributed by atoms with Crippen molar-refractivity contribution in [3.8, 4) is 0 Å². The number of rotatable bonds is 5. The molecule has 0 saturated heterocycles. The zero-order valence-corrected chi connectivity index (χ0v) is 12.4. The Hall–Kier alpha value is -1.32. The second-order valence-electron chi connectivity index (χ2n) is 4.81. The van der Waals surface area contributed by atoms with Crippen molar-refractivity contribution in [2.45, 2.75) is 25.8 Å². The van der Waals surface area contributed by atoms with Crippen molar-refractivity contribution in [1.82, 2.24) is 15.1 Å². The fraction of sp³-hybridized carbons (Fsp3) is 0.400. The van der Waals surface area contributed by atoms with Gasteiger partial charge >= 0.3 is 0 Å². The van der Waals surface area contributed by atoms with Gasteiger partial charge in [0.25, 0.3) is 0 Å². The largest absolute Gasteiger partial charge is 0.312 e. The van der Waals surface area contributed by atoms with Crippen LogP contribution >= 0.6 is 11.6 Å². The predicted octanol–water partition coefficient (Wildman–Crippen LogP) is 3.28. The first-order valence-corrected chi connectivity index (χ1v) is 6.90. The van der Waals surface area contributed by atoms with Gasteiger partial charge in [-0.25, -0.2) is 0 Å². The van der Waals surface area contributed by atoms with Crippen molar-refractivity contribution < 1.29 is 0 Å². The van der Waals surface area contributed by atoms with E-state index in [9.17, 15) is 0 Å². The lowest BCUT2D eigenvalue weighted by Crippen LogP contribution is -2.20. The van der Waals surface area contributed by atoms with Gasteiger partial charge in [0, 0.05) is 7.05 Å². The molecule has 1 atom stereocenters.